The van der Waals surface area contributed by atoms with Crippen LogP contribution in [0.25, 0.3) is 0 Å². The smallest absolute Gasteiger partial charge is 0.144 e. The van der Waals surface area contributed by atoms with E-state index < -0.39 is 0 Å². The highest BCUT2D eigenvalue weighted by atomic mass is 127. The molecule has 1 N–H and O–H groups in total. The Kier molecular flexibility index (Phi) is 2.14. The molecule has 0 unspecified atom stereocenters. The Labute approximate surface area is 91.8 Å². The Morgan fingerprint density at radius 2 is 2.23 bits per heavy atom. The molecule has 0 bridgehead atoms. The molecule has 1 heterocycles. The van der Waals surface area contributed by atoms with Crippen molar-refractivity contribution in [3.05, 3.63) is 21.8 Å². The number of benzene rings is 1. The van der Waals surface area contributed by atoms with Crippen LogP contribution in [0.5, 0.6) is 5.75 Å². The lowest BCUT2D eigenvalue weighted by atomic mass is 10.1. The molecule has 0 fully saturated rings. The molecule has 1 aliphatic rings. The second kappa shape index (κ2) is 3.04. The van der Waals surface area contributed by atoms with Gasteiger partial charge in [0.15, 0.2) is 0 Å². The van der Waals surface area contributed by atoms with Gasteiger partial charge >= 0.3 is 0 Å². The summed E-state index contributed by atoms with van der Waals surface area (Å²) in [6.45, 7) is 5.03. The van der Waals surface area contributed by atoms with Gasteiger partial charge in [0.05, 0.1) is 12.2 Å². The number of rotatable bonds is 0. The molecule has 70 valence electrons. The van der Waals surface area contributed by atoms with Crippen LogP contribution in [-0.4, -0.2) is 12.1 Å². The van der Waals surface area contributed by atoms with Gasteiger partial charge in [0, 0.05) is 3.57 Å². The van der Waals surface area contributed by atoms with Gasteiger partial charge in [-0.15, -0.1) is 0 Å². The van der Waals surface area contributed by atoms with E-state index in [1.54, 1.807) is 0 Å². The van der Waals surface area contributed by atoms with Gasteiger partial charge in [-0.25, -0.2) is 0 Å². The highest BCUT2D eigenvalue weighted by Crippen LogP contribution is 2.33. The first-order valence-corrected chi connectivity index (χ1v) is 5.37. The number of hydrogen-bond acceptors (Lipinski definition) is 2. The zero-order valence-electron chi connectivity index (χ0n) is 7.73. The summed E-state index contributed by atoms with van der Waals surface area (Å²) in [4.78, 5) is 0. The molecule has 0 aromatic heterocycles. The van der Waals surface area contributed by atoms with Crippen LogP contribution in [0.2, 0.25) is 0 Å². The number of ether oxygens (including phenoxy) is 1. The number of hydrogen-bond donors (Lipinski definition) is 1. The van der Waals surface area contributed by atoms with Gasteiger partial charge in [0.25, 0.3) is 0 Å². The molecule has 0 aliphatic carbocycles. The van der Waals surface area contributed by atoms with Crippen molar-refractivity contribution in [2.24, 2.45) is 0 Å². The Morgan fingerprint density at radius 3 is 3.00 bits per heavy atom. The van der Waals surface area contributed by atoms with Gasteiger partial charge in [0.1, 0.15) is 11.4 Å². The molecule has 1 aromatic carbocycles. The maximum absolute atomic E-state index is 5.83. The van der Waals surface area contributed by atoms with Crippen LogP contribution in [0.3, 0.4) is 0 Å². The Morgan fingerprint density at radius 1 is 1.46 bits per heavy atom. The third-order valence-corrected chi connectivity index (χ3v) is 2.71. The monoisotopic (exact) mass is 289 g/mol. The van der Waals surface area contributed by atoms with Crippen molar-refractivity contribution in [3.63, 3.8) is 0 Å². The molecular formula is C10H12INO. The summed E-state index contributed by atoms with van der Waals surface area (Å²) >= 11 is 2.29. The van der Waals surface area contributed by atoms with Crippen molar-refractivity contribution >= 4 is 28.3 Å². The first-order valence-electron chi connectivity index (χ1n) is 4.29. The van der Waals surface area contributed by atoms with Crippen molar-refractivity contribution in [3.8, 4) is 5.75 Å². The summed E-state index contributed by atoms with van der Waals surface area (Å²) in [6, 6.07) is 6.20. The first kappa shape index (κ1) is 9.12. The fourth-order valence-corrected chi connectivity index (χ4v) is 1.83. The van der Waals surface area contributed by atoms with E-state index in [9.17, 15) is 0 Å². The molecule has 13 heavy (non-hydrogen) atoms. The summed E-state index contributed by atoms with van der Waals surface area (Å²) in [7, 11) is 0. The van der Waals surface area contributed by atoms with E-state index in [1.807, 2.05) is 0 Å². The maximum Gasteiger partial charge on any atom is 0.144 e. The average molecular weight is 289 g/mol. The molecule has 3 heteroatoms. The van der Waals surface area contributed by atoms with E-state index >= 15 is 0 Å². The SMILES string of the molecule is CC1(C)CNc2ccc(I)cc2O1. The van der Waals surface area contributed by atoms with Crippen LogP contribution in [-0.2, 0) is 0 Å². The van der Waals surface area contributed by atoms with Crippen LogP contribution in [0.1, 0.15) is 13.8 Å². The summed E-state index contributed by atoms with van der Waals surface area (Å²) < 4.78 is 7.04. The molecule has 1 aliphatic heterocycles. The number of nitrogens with one attached hydrogen (secondary N) is 1. The Balaban J connectivity index is 2.38. The molecule has 0 atom stereocenters. The Hall–Kier alpha value is -0.450. The van der Waals surface area contributed by atoms with Gasteiger partial charge in [-0.3, -0.25) is 0 Å². The van der Waals surface area contributed by atoms with Gasteiger partial charge < -0.3 is 10.1 Å². The first-order chi connectivity index (χ1) is 6.07. The van der Waals surface area contributed by atoms with Crippen molar-refractivity contribution in [1.82, 2.24) is 0 Å². The molecule has 0 spiro atoms. The van der Waals surface area contributed by atoms with E-state index in [2.05, 4.69) is 60.0 Å². The predicted octanol–water partition coefficient (Wildman–Crippen LogP) is 2.87. The second-order valence-electron chi connectivity index (χ2n) is 3.86. The minimum atomic E-state index is -0.0998. The van der Waals surface area contributed by atoms with Crippen molar-refractivity contribution in [2.45, 2.75) is 19.4 Å². The van der Waals surface area contributed by atoms with Crippen LogP contribution >= 0.6 is 22.6 Å². The van der Waals surface area contributed by atoms with Crippen LogP contribution in [0, 0.1) is 3.57 Å². The van der Waals surface area contributed by atoms with Gasteiger partial charge in [-0.05, 0) is 54.6 Å². The molecule has 1 aromatic rings. The van der Waals surface area contributed by atoms with Crippen molar-refractivity contribution in [2.75, 3.05) is 11.9 Å². The van der Waals surface area contributed by atoms with Crippen LogP contribution in [0.4, 0.5) is 5.69 Å². The quantitative estimate of drug-likeness (QED) is 0.742. The van der Waals surface area contributed by atoms with Crippen molar-refractivity contribution < 1.29 is 4.74 Å². The molecule has 0 saturated carbocycles. The van der Waals surface area contributed by atoms with Crippen LogP contribution in [0.15, 0.2) is 18.2 Å². The average Bonchev–Trinajstić information content (AvgIpc) is 2.01. The van der Waals surface area contributed by atoms with E-state index in [4.69, 9.17) is 4.74 Å². The molecular weight excluding hydrogens is 277 g/mol. The molecule has 2 nitrogen and oxygen atoms in total. The lowest BCUT2D eigenvalue weighted by Crippen LogP contribution is -2.39. The van der Waals surface area contributed by atoms with Gasteiger partial charge in [0.2, 0.25) is 0 Å². The molecule has 2 rings (SSSR count). The number of fused-ring (bicyclic) bond motifs is 1. The fraction of sp³-hybridized carbons (Fsp3) is 0.400. The standard InChI is InChI=1S/C10H12INO/c1-10(2)6-12-8-4-3-7(11)5-9(8)13-10/h3-5,12H,6H2,1-2H3. The minimum Gasteiger partial charge on any atom is -0.484 e. The summed E-state index contributed by atoms with van der Waals surface area (Å²) in [5.74, 6) is 0.961. The topological polar surface area (TPSA) is 21.3 Å². The van der Waals surface area contributed by atoms with E-state index in [0.717, 1.165) is 18.0 Å². The normalized spacial score (nSPS) is 18.4. The van der Waals surface area contributed by atoms with E-state index in [0.29, 0.717) is 0 Å². The molecule has 0 amide bonds. The lowest BCUT2D eigenvalue weighted by Gasteiger charge is -2.33. The third kappa shape index (κ3) is 1.90. The molecule has 0 radical (unpaired) electrons. The van der Waals surface area contributed by atoms with E-state index in [1.165, 1.54) is 3.57 Å². The highest BCUT2D eigenvalue weighted by molar-refractivity contribution is 14.1. The van der Waals surface area contributed by atoms with Crippen molar-refractivity contribution in [1.29, 1.82) is 0 Å². The summed E-state index contributed by atoms with van der Waals surface area (Å²) in [5.41, 5.74) is 0.997. The largest absolute Gasteiger partial charge is 0.484 e. The van der Waals surface area contributed by atoms with Gasteiger partial charge in [-0.2, -0.15) is 0 Å². The zero-order chi connectivity index (χ0) is 9.47. The van der Waals surface area contributed by atoms with Gasteiger partial charge in [-0.1, -0.05) is 0 Å². The number of halogens is 1. The van der Waals surface area contributed by atoms with E-state index in [-0.39, 0.29) is 5.60 Å². The third-order valence-electron chi connectivity index (χ3n) is 2.03. The summed E-state index contributed by atoms with van der Waals surface area (Å²) in [6.07, 6.45) is 0. The zero-order valence-corrected chi connectivity index (χ0v) is 9.88. The number of anilines is 1. The lowest BCUT2D eigenvalue weighted by molar-refractivity contribution is 0.116. The fourth-order valence-electron chi connectivity index (χ4n) is 1.37. The van der Waals surface area contributed by atoms with Crippen LogP contribution < -0.4 is 10.1 Å². The minimum absolute atomic E-state index is 0.0998. The second-order valence-corrected chi connectivity index (χ2v) is 5.10. The highest BCUT2D eigenvalue weighted by Gasteiger charge is 2.25. The maximum atomic E-state index is 5.83. The Bertz CT molecular complexity index is 336. The predicted molar refractivity (Wildman–Crippen MR) is 62.4 cm³/mol. The molecule has 0 saturated heterocycles. The summed E-state index contributed by atoms with van der Waals surface area (Å²) in [5, 5.41) is 3.35.